The van der Waals surface area contributed by atoms with Gasteiger partial charge >= 0.3 is 0 Å². The summed E-state index contributed by atoms with van der Waals surface area (Å²) < 4.78 is 10.6. The van der Waals surface area contributed by atoms with E-state index in [1.807, 2.05) is 30.3 Å². The molecule has 2 aromatic carbocycles. The Bertz CT molecular complexity index is 701. The van der Waals surface area contributed by atoms with E-state index in [2.05, 4.69) is 30.5 Å². The number of anilines is 2. The van der Waals surface area contributed by atoms with Crippen LogP contribution in [-0.2, 0) is 0 Å². The number of hydrogen-bond donors (Lipinski definition) is 2. The summed E-state index contributed by atoms with van der Waals surface area (Å²) in [5.74, 6) is 1.49. The van der Waals surface area contributed by atoms with Gasteiger partial charge in [0.15, 0.2) is 16.6 Å². The Morgan fingerprint density at radius 2 is 1.86 bits per heavy atom. The second-order valence-corrected chi connectivity index (χ2v) is 5.30. The molecule has 0 spiro atoms. The Morgan fingerprint density at radius 1 is 1.05 bits per heavy atom. The number of rotatable bonds is 2. The predicted molar refractivity (Wildman–Crippen MR) is 88.3 cm³/mol. The first-order chi connectivity index (χ1) is 10.1. The second kappa shape index (κ2) is 5.61. The lowest BCUT2D eigenvalue weighted by atomic mass is 10.1. The minimum absolute atomic E-state index is 0.268. The molecule has 21 heavy (non-hydrogen) atoms. The van der Waals surface area contributed by atoms with Gasteiger partial charge in [0.25, 0.3) is 0 Å². The lowest BCUT2D eigenvalue weighted by Gasteiger charge is -2.14. The van der Waals surface area contributed by atoms with E-state index >= 15 is 0 Å². The highest BCUT2D eigenvalue weighted by Crippen LogP contribution is 2.34. The summed E-state index contributed by atoms with van der Waals surface area (Å²) in [5.41, 5.74) is 4.29. The molecule has 0 atom stereocenters. The number of aryl methyl sites for hydroxylation is 1. The number of thiocarbonyl (C=S) groups is 1. The Labute approximate surface area is 129 Å². The van der Waals surface area contributed by atoms with E-state index in [4.69, 9.17) is 21.7 Å². The summed E-state index contributed by atoms with van der Waals surface area (Å²) in [6.45, 7) is 4.42. The third-order valence-corrected chi connectivity index (χ3v) is 3.69. The third-order valence-electron chi connectivity index (χ3n) is 3.48. The second-order valence-electron chi connectivity index (χ2n) is 4.89. The van der Waals surface area contributed by atoms with Crippen LogP contribution in [0.4, 0.5) is 11.4 Å². The molecule has 0 radical (unpaired) electrons. The summed E-state index contributed by atoms with van der Waals surface area (Å²) in [6, 6.07) is 11.7. The van der Waals surface area contributed by atoms with Crippen LogP contribution in [0, 0.1) is 13.8 Å². The van der Waals surface area contributed by atoms with Crippen LogP contribution in [0.2, 0.25) is 0 Å². The molecule has 0 aliphatic carbocycles. The van der Waals surface area contributed by atoms with Gasteiger partial charge in [-0.3, -0.25) is 0 Å². The SMILES string of the molecule is Cc1cccc(NC(=S)Nc2ccc3c(c2)OCO3)c1C. The topological polar surface area (TPSA) is 42.5 Å². The van der Waals surface area contributed by atoms with Gasteiger partial charge in [0.1, 0.15) is 0 Å². The maximum absolute atomic E-state index is 5.35. The summed E-state index contributed by atoms with van der Waals surface area (Å²) in [7, 11) is 0. The fraction of sp³-hybridized carbons (Fsp3) is 0.188. The van der Waals surface area contributed by atoms with Crippen molar-refractivity contribution in [1.29, 1.82) is 0 Å². The first-order valence-electron chi connectivity index (χ1n) is 6.67. The molecular weight excluding hydrogens is 284 g/mol. The fourth-order valence-electron chi connectivity index (χ4n) is 2.15. The van der Waals surface area contributed by atoms with Gasteiger partial charge in [-0.25, -0.2) is 0 Å². The van der Waals surface area contributed by atoms with Gasteiger partial charge in [0.05, 0.1) is 0 Å². The van der Waals surface area contributed by atoms with E-state index in [1.54, 1.807) is 0 Å². The average molecular weight is 300 g/mol. The van der Waals surface area contributed by atoms with E-state index in [0.29, 0.717) is 5.11 Å². The molecule has 4 nitrogen and oxygen atoms in total. The average Bonchev–Trinajstić information content (AvgIpc) is 2.91. The third kappa shape index (κ3) is 2.92. The summed E-state index contributed by atoms with van der Waals surface area (Å²) in [4.78, 5) is 0. The molecule has 2 aromatic rings. The van der Waals surface area contributed by atoms with Crippen LogP contribution < -0.4 is 20.1 Å². The van der Waals surface area contributed by atoms with Gasteiger partial charge in [-0.2, -0.15) is 0 Å². The first-order valence-corrected chi connectivity index (χ1v) is 7.08. The number of fused-ring (bicyclic) bond motifs is 1. The summed E-state index contributed by atoms with van der Waals surface area (Å²) in [5, 5.41) is 6.91. The molecule has 3 rings (SSSR count). The molecule has 1 aliphatic heterocycles. The van der Waals surface area contributed by atoms with Crippen molar-refractivity contribution >= 4 is 28.7 Å². The normalized spacial score (nSPS) is 12.1. The van der Waals surface area contributed by atoms with Gasteiger partial charge in [0.2, 0.25) is 6.79 Å². The highest BCUT2D eigenvalue weighted by Gasteiger charge is 2.13. The van der Waals surface area contributed by atoms with Gasteiger partial charge < -0.3 is 20.1 Å². The molecule has 1 heterocycles. The number of hydrogen-bond acceptors (Lipinski definition) is 3. The van der Waals surface area contributed by atoms with Crippen LogP contribution in [0.3, 0.4) is 0 Å². The first kappa shape index (κ1) is 13.7. The maximum atomic E-state index is 5.35. The minimum atomic E-state index is 0.268. The summed E-state index contributed by atoms with van der Waals surface area (Å²) >= 11 is 5.35. The smallest absolute Gasteiger partial charge is 0.231 e. The molecule has 1 aliphatic rings. The van der Waals surface area contributed by atoms with Crippen molar-refractivity contribution in [2.45, 2.75) is 13.8 Å². The molecular formula is C16H16N2O2S. The highest BCUT2D eigenvalue weighted by molar-refractivity contribution is 7.80. The molecule has 0 saturated heterocycles. The van der Waals surface area contributed by atoms with Crippen molar-refractivity contribution < 1.29 is 9.47 Å². The highest BCUT2D eigenvalue weighted by atomic mass is 32.1. The molecule has 0 unspecified atom stereocenters. The van der Waals surface area contributed by atoms with Crippen molar-refractivity contribution in [3.05, 3.63) is 47.5 Å². The molecule has 0 fully saturated rings. The minimum Gasteiger partial charge on any atom is -0.454 e. The van der Waals surface area contributed by atoms with Gasteiger partial charge in [-0.05, 0) is 55.4 Å². The van der Waals surface area contributed by atoms with Crippen LogP contribution in [0.15, 0.2) is 36.4 Å². The van der Waals surface area contributed by atoms with Crippen LogP contribution in [-0.4, -0.2) is 11.9 Å². The van der Waals surface area contributed by atoms with Crippen molar-refractivity contribution in [1.82, 2.24) is 0 Å². The van der Waals surface area contributed by atoms with E-state index in [-0.39, 0.29) is 6.79 Å². The van der Waals surface area contributed by atoms with Crippen molar-refractivity contribution in [2.24, 2.45) is 0 Å². The zero-order chi connectivity index (χ0) is 14.8. The Balaban J connectivity index is 1.70. The Kier molecular flexibility index (Phi) is 3.66. The van der Waals surface area contributed by atoms with E-state index in [1.165, 1.54) is 11.1 Å². The largest absolute Gasteiger partial charge is 0.454 e. The standard InChI is InChI=1S/C16H16N2O2S/c1-10-4-3-5-13(11(10)2)18-16(21)17-12-6-7-14-15(8-12)20-9-19-14/h3-8H,9H2,1-2H3,(H2,17,18,21). The summed E-state index contributed by atoms with van der Waals surface area (Å²) in [6.07, 6.45) is 0. The number of benzene rings is 2. The van der Waals surface area contributed by atoms with Crippen LogP contribution in [0.5, 0.6) is 11.5 Å². The quantitative estimate of drug-likeness (QED) is 0.825. The van der Waals surface area contributed by atoms with Gasteiger partial charge in [0, 0.05) is 17.4 Å². The van der Waals surface area contributed by atoms with Gasteiger partial charge in [-0.15, -0.1) is 0 Å². The fourth-order valence-corrected chi connectivity index (χ4v) is 2.37. The Morgan fingerprint density at radius 3 is 2.71 bits per heavy atom. The Hall–Kier alpha value is -2.27. The number of ether oxygens (including phenoxy) is 2. The molecule has 108 valence electrons. The lowest BCUT2D eigenvalue weighted by molar-refractivity contribution is 0.174. The molecule has 0 saturated carbocycles. The monoisotopic (exact) mass is 300 g/mol. The molecule has 0 aromatic heterocycles. The maximum Gasteiger partial charge on any atom is 0.231 e. The van der Waals surface area contributed by atoms with Crippen LogP contribution in [0.1, 0.15) is 11.1 Å². The van der Waals surface area contributed by atoms with E-state index in [9.17, 15) is 0 Å². The van der Waals surface area contributed by atoms with E-state index < -0.39 is 0 Å². The predicted octanol–water partition coefficient (Wildman–Crippen LogP) is 3.84. The molecule has 0 amide bonds. The van der Waals surface area contributed by atoms with Crippen LogP contribution >= 0.6 is 12.2 Å². The zero-order valence-corrected chi connectivity index (χ0v) is 12.7. The van der Waals surface area contributed by atoms with Gasteiger partial charge in [-0.1, -0.05) is 12.1 Å². The van der Waals surface area contributed by atoms with E-state index in [0.717, 1.165) is 22.9 Å². The molecule has 5 heteroatoms. The molecule has 0 bridgehead atoms. The van der Waals surface area contributed by atoms with Crippen molar-refractivity contribution in [3.8, 4) is 11.5 Å². The zero-order valence-electron chi connectivity index (χ0n) is 11.9. The van der Waals surface area contributed by atoms with Crippen molar-refractivity contribution in [3.63, 3.8) is 0 Å². The lowest BCUT2D eigenvalue weighted by Crippen LogP contribution is -2.19. The molecule has 2 N–H and O–H groups in total. The van der Waals surface area contributed by atoms with Crippen LogP contribution in [0.25, 0.3) is 0 Å². The number of nitrogens with one attached hydrogen (secondary N) is 2. The van der Waals surface area contributed by atoms with Crippen molar-refractivity contribution in [2.75, 3.05) is 17.4 Å².